The lowest BCUT2D eigenvalue weighted by Gasteiger charge is -2.23. The summed E-state index contributed by atoms with van der Waals surface area (Å²) in [5.41, 5.74) is 0.561. The lowest BCUT2D eigenvalue weighted by Crippen LogP contribution is -2.41. The fourth-order valence-corrected chi connectivity index (χ4v) is 4.29. The molecule has 1 unspecified atom stereocenters. The van der Waals surface area contributed by atoms with Crippen molar-refractivity contribution in [1.82, 2.24) is 4.90 Å². The maximum Gasteiger partial charge on any atom is 0.241 e. The molecule has 10 heteroatoms. The number of amides is 1. The van der Waals surface area contributed by atoms with Gasteiger partial charge in [-0.05, 0) is 61.9 Å². The lowest BCUT2D eigenvalue weighted by atomic mass is 10.2. The summed E-state index contributed by atoms with van der Waals surface area (Å²) in [6.07, 6.45) is 1.67. The van der Waals surface area contributed by atoms with Crippen LogP contribution in [0.3, 0.4) is 0 Å². The van der Waals surface area contributed by atoms with Crippen molar-refractivity contribution >= 4 is 44.8 Å². The number of nitrogens with zero attached hydrogens (tertiary/aromatic N) is 1. The maximum absolute atomic E-state index is 12.7. The number of halogens is 2. The van der Waals surface area contributed by atoms with Crippen LogP contribution in [0.5, 0.6) is 5.75 Å². The second-order valence-corrected chi connectivity index (χ2v) is 9.14. The Bertz CT molecular complexity index is 963. The summed E-state index contributed by atoms with van der Waals surface area (Å²) in [5.74, 6) is 0.421. The Hall–Kier alpha value is -1.84. The monoisotopic (exact) mass is 457 g/mol. The fourth-order valence-electron chi connectivity index (χ4n) is 3.25. The first-order valence-corrected chi connectivity index (χ1v) is 11.3. The molecule has 3 N–H and O–H groups in total. The number of primary sulfonamides is 1. The topological polar surface area (TPSA) is 102 Å². The number of ether oxygens (including phenoxy) is 1. The van der Waals surface area contributed by atoms with Gasteiger partial charge in [0.05, 0.1) is 10.9 Å². The Morgan fingerprint density at radius 2 is 1.83 bits per heavy atom. The van der Waals surface area contributed by atoms with Crippen LogP contribution in [0.25, 0.3) is 0 Å². The molecule has 0 radical (unpaired) electrons. The Morgan fingerprint density at radius 3 is 2.45 bits per heavy atom. The molecule has 0 saturated carbocycles. The fraction of sp³-hybridized carbons (Fsp3) is 0.316. The van der Waals surface area contributed by atoms with E-state index in [9.17, 15) is 13.2 Å². The molecule has 1 fully saturated rings. The highest BCUT2D eigenvalue weighted by molar-refractivity contribution is 7.89. The van der Waals surface area contributed by atoms with Gasteiger partial charge in [0.15, 0.2) is 0 Å². The van der Waals surface area contributed by atoms with Crippen LogP contribution in [0.4, 0.5) is 5.69 Å². The number of carbonyl (C=O) groups excluding carboxylic acids is 1. The molecule has 0 spiro atoms. The van der Waals surface area contributed by atoms with E-state index >= 15 is 0 Å². The third-order valence-electron chi connectivity index (χ3n) is 4.60. The van der Waals surface area contributed by atoms with Gasteiger partial charge in [-0.15, -0.1) is 0 Å². The molecule has 1 aliphatic rings. The van der Waals surface area contributed by atoms with E-state index in [1.165, 1.54) is 12.1 Å². The largest absolute Gasteiger partial charge is 0.492 e. The molecule has 2 aromatic rings. The summed E-state index contributed by atoms with van der Waals surface area (Å²) in [6.45, 7) is 1.72. The van der Waals surface area contributed by atoms with Crippen LogP contribution in [0.15, 0.2) is 47.4 Å². The van der Waals surface area contributed by atoms with E-state index in [-0.39, 0.29) is 16.8 Å². The highest BCUT2D eigenvalue weighted by Gasteiger charge is 2.30. The average Bonchev–Trinajstić information content (AvgIpc) is 3.09. The smallest absolute Gasteiger partial charge is 0.241 e. The molecule has 156 valence electrons. The number of carbonyl (C=O) groups is 1. The number of likely N-dealkylation sites (tertiary alicyclic amines) is 1. The summed E-state index contributed by atoms with van der Waals surface area (Å²) in [5, 5.41) is 8.85. The Morgan fingerprint density at radius 1 is 1.17 bits per heavy atom. The highest BCUT2D eigenvalue weighted by atomic mass is 35.5. The predicted molar refractivity (Wildman–Crippen MR) is 113 cm³/mol. The molecule has 29 heavy (non-hydrogen) atoms. The molecule has 0 aliphatic carbocycles. The van der Waals surface area contributed by atoms with Crippen molar-refractivity contribution in [3.63, 3.8) is 0 Å². The maximum atomic E-state index is 12.7. The van der Waals surface area contributed by atoms with Crippen LogP contribution in [0.2, 0.25) is 10.0 Å². The summed E-state index contributed by atoms with van der Waals surface area (Å²) >= 11 is 12.0. The molecule has 0 aromatic heterocycles. The number of nitrogens with two attached hydrogens (primary N) is 1. The number of rotatable bonds is 7. The van der Waals surface area contributed by atoms with Crippen LogP contribution in [-0.2, 0) is 14.8 Å². The number of hydrogen-bond acceptors (Lipinski definition) is 5. The van der Waals surface area contributed by atoms with E-state index in [4.69, 9.17) is 33.1 Å². The van der Waals surface area contributed by atoms with Crippen LogP contribution in [0.1, 0.15) is 12.8 Å². The van der Waals surface area contributed by atoms with E-state index in [2.05, 4.69) is 10.2 Å². The van der Waals surface area contributed by atoms with Gasteiger partial charge in [-0.2, -0.15) is 0 Å². The zero-order valence-electron chi connectivity index (χ0n) is 15.5. The van der Waals surface area contributed by atoms with E-state index < -0.39 is 10.0 Å². The van der Waals surface area contributed by atoms with Gasteiger partial charge in [-0.25, -0.2) is 13.6 Å². The zero-order valence-corrected chi connectivity index (χ0v) is 17.8. The number of sulfonamides is 1. The van der Waals surface area contributed by atoms with Crippen LogP contribution in [-0.4, -0.2) is 45.0 Å². The van der Waals surface area contributed by atoms with Crippen LogP contribution in [0, 0.1) is 0 Å². The van der Waals surface area contributed by atoms with Gasteiger partial charge in [0.2, 0.25) is 15.9 Å². The molecule has 1 heterocycles. The normalized spacial score (nSPS) is 17.3. The molecule has 1 saturated heterocycles. The zero-order chi connectivity index (χ0) is 21.0. The van der Waals surface area contributed by atoms with Crippen LogP contribution < -0.4 is 15.2 Å². The van der Waals surface area contributed by atoms with Gasteiger partial charge in [0.25, 0.3) is 0 Å². The molecule has 1 aliphatic heterocycles. The molecule has 7 nitrogen and oxygen atoms in total. The summed E-state index contributed by atoms with van der Waals surface area (Å²) in [4.78, 5) is 14.7. The van der Waals surface area contributed by atoms with Crippen LogP contribution >= 0.6 is 23.2 Å². The number of hydrogen-bond donors (Lipinski definition) is 2. The number of benzene rings is 2. The Kier molecular flexibility index (Phi) is 7.02. The van der Waals surface area contributed by atoms with E-state index in [1.54, 1.807) is 30.3 Å². The van der Waals surface area contributed by atoms with Gasteiger partial charge in [0.1, 0.15) is 12.4 Å². The molecule has 3 rings (SSSR count). The molecule has 2 aromatic carbocycles. The Labute approximate surface area is 179 Å². The predicted octanol–water partition coefficient (Wildman–Crippen LogP) is 3.12. The molecule has 0 bridgehead atoms. The molecular formula is C19H21Cl2N3O4S. The van der Waals surface area contributed by atoms with Gasteiger partial charge >= 0.3 is 0 Å². The highest BCUT2D eigenvalue weighted by Crippen LogP contribution is 2.24. The Balaban J connectivity index is 1.53. The first-order valence-electron chi connectivity index (χ1n) is 8.99. The standard InChI is InChI=1S/C19H21Cl2N3O4S/c20-13-10-14(21)12-15(11-13)23-19(25)18-2-1-7-24(18)8-9-28-16-3-5-17(6-4-16)29(22,26)27/h3-6,10-12,18H,1-2,7-9H2,(H,23,25)(H2,22,26,27). The van der Waals surface area contributed by atoms with E-state index in [0.717, 1.165) is 19.4 Å². The minimum absolute atomic E-state index is 0.0299. The van der Waals surface area contributed by atoms with Gasteiger partial charge in [-0.3, -0.25) is 9.69 Å². The molecular weight excluding hydrogens is 437 g/mol. The lowest BCUT2D eigenvalue weighted by molar-refractivity contribution is -0.120. The first-order chi connectivity index (χ1) is 13.7. The quantitative estimate of drug-likeness (QED) is 0.664. The van der Waals surface area contributed by atoms with Crippen molar-refractivity contribution in [2.24, 2.45) is 5.14 Å². The molecule has 1 amide bonds. The van der Waals surface area contributed by atoms with Crippen molar-refractivity contribution in [3.8, 4) is 5.75 Å². The second kappa shape index (κ2) is 9.32. The van der Waals surface area contributed by atoms with Crippen molar-refractivity contribution < 1.29 is 17.9 Å². The third-order valence-corrected chi connectivity index (χ3v) is 5.96. The van der Waals surface area contributed by atoms with Gasteiger partial charge < -0.3 is 10.1 Å². The minimum atomic E-state index is -3.73. The summed E-state index contributed by atoms with van der Waals surface area (Å²) in [7, 11) is -3.73. The third kappa shape index (κ3) is 6.07. The first kappa shape index (κ1) is 21.9. The summed E-state index contributed by atoms with van der Waals surface area (Å²) in [6, 6.07) is 10.5. The number of nitrogens with one attached hydrogen (secondary N) is 1. The second-order valence-electron chi connectivity index (χ2n) is 6.71. The van der Waals surface area contributed by atoms with Crippen molar-refractivity contribution in [2.45, 2.75) is 23.8 Å². The average molecular weight is 458 g/mol. The minimum Gasteiger partial charge on any atom is -0.492 e. The van der Waals surface area contributed by atoms with Crippen molar-refractivity contribution in [2.75, 3.05) is 25.0 Å². The van der Waals surface area contributed by atoms with Crippen molar-refractivity contribution in [3.05, 3.63) is 52.5 Å². The van der Waals surface area contributed by atoms with Gasteiger partial charge in [0, 0.05) is 22.3 Å². The number of anilines is 1. The van der Waals surface area contributed by atoms with E-state index in [1.807, 2.05) is 0 Å². The van der Waals surface area contributed by atoms with Gasteiger partial charge in [-0.1, -0.05) is 23.2 Å². The van der Waals surface area contributed by atoms with Crippen molar-refractivity contribution in [1.29, 1.82) is 0 Å². The molecule has 1 atom stereocenters. The SMILES string of the molecule is NS(=O)(=O)c1ccc(OCCN2CCCC2C(=O)Nc2cc(Cl)cc(Cl)c2)cc1. The summed E-state index contributed by atoms with van der Waals surface area (Å²) < 4.78 is 28.2. The van der Waals surface area contributed by atoms with E-state index in [0.29, 0.717) is 34.6 Å².